The van der Waals surface area contributed by atoms with Crippen LogP contribution in [0.25, 0.3) is 0 Å². The Kier molecular flexibility index (Phi) is 6.19. The van der Waals surface area contributed by atoms with Crippen molar-refractivity contribution in [2.75, 3.05) is 13.2 Å². The van der Waals surface area contributed by atoms with E-state index in [0.29, 0.717) is 4.88 Å². The van der Waals surface area contributed by atoms with Crippen molar-refractivity contribution in [1.82, 2.24) is 10.6 Å². The molecular formula is C21H22N2O5S2. The van der Waals surface area contributed by atoms with Gasteiger partial charge in [-0.1, -0.05) is 6.07 Å². The Bertz CT molecular complexity index is 970. The monoisotopic (exact) mass is 446 g/mol. The molecule has 0 spiro atoms. The number of hydrogen-bond donors (Lipinski definition) is 2. The average Bonchev–Trinajstić information content (AvgIpc) is 3.41. The van der Waals surface area contributed by atoms with Crippen molar-refractivity contribution in [1.29, 1.82) is 0 Å². The molecule has 2 amide bonds. The van der Waals surface area contributed by atoms with E-state index in [1.165, 1.54) is 33.1 Å². The number of aryl methyl sites for hydroxylation is 2. The Morgan fingerprint density at radius 3 is 2.77 bits per heavy atom. The highest BCUT2D eigenvalue weighted by Gasteiger charge is 2.35. The van der Waals surface area contributed by atoms with Gasteiger partial charge in [-0.3, -0.25) is 0 Å². The SMILES string of the molecule is CCOC(=O)C1=C(COC(=O)c2cc3c(s2)CCCC3)NC(=O)NC1c1cccs1. The van der Waals surface area contributed by atoms with Gasteiger partial charge < -0.3 is 20.1 Å². The zero-order valence-electron chi connectivity index (χ0n) is 16.5. The minimum Gasteiger partial charge on any atom is -0.463 e. The van der Waals surface area contributed by atoms with Crippen LogP contribution in [0.2, 0.25) is 0 Å². The molecule has 2 N–H and O–H groups in total. The van der Waals surface area contributed by atoms with Gasteiger partial charge in [-0.15, -0.1) is 22.7 Å². The lowest BCUT2D eigenvalue weighted by Gasteiger charge is -2.28. The van der Waals surface area contributed by atoms with Crippen LogP contribution in [-0.4, -0.2) is 31.2 Å². The maximum atomic E-state index is 12.7. The van der Waals surface area contributed by atoms with E-state index in [4.69, 9.17) is 9.47 Å². The van der Waals surface area contributed by atoms with Gasteiger partial charge in [0.05, 0.1) is 23.9 Å². The quantitative estimate of drug-likeness (QED) is 0.660. The molecule has 1 aliphatic carbocycles. The maximum absolute atomic E-state index is 12.7. The Hall–Kier alpha value is -2.65. The largest absolute Gasteiger partial charge is 0.463 e. The van der Waals surface area contributed by atoms with Crippen molar-refractivity contribution < 1.29 is 23.9 Å². The maximum Gasteiger partial charge on any atom is 0.348 e. The lowest BCUT2D eigenvalue weighted by molar-refractivity contribution is -0.139. The van der Waals surface area contributed by atoms with Crippen molar-refractivity contribution >= 4 is 40.6 Å². The Morgan fingerprint density at radius 2 is 2.03 bits per heavy atom. The molecule has 2 aromatic rings. The molecule has 2 aromatic heterocycles. The number of amides is 2. The number of fused-ring (bicyclic) bond motifs is 1. The lowest BCUT2D eigenvalue weighted by atomic mass is 9.99. The van der Waals surface area contributed by atoms with E-state index < -0.39 is 24.0 Å². The average molecular weight is 447 g/mol. The van der Waals surface area contributed by atoms with Gasteiger partial charge in [0.25, 0.3) is 0 Å². The Morgan fingerprint density at radius 1 is 1.20 bits per heavy atom. The molecule has 30 heavy (non-hydrogen) atoms. The summed E-state index contributed by atoms with van der Waals surface area (Å²) in [5, 5.41) is 7.23. The highest BCUT2D eigenvalue weighted by molar-refractivity contribution is 7.14. The van der Waals surface area contributed by atoms with Crippen LogP contribution in [0.5, 0.6) is 0 Å². The third-order valence-corrected chi connectivity index (χ3v) is 7.18. The molecule has 7 nitrogen and oxygen atoms in total. The van der Waals surface area contributed by atoms with Crippen LogP contribution in [0.1, 0.15) is 50.8 Å². The first-order valence-electron chi connectivity index (χ1n) is 9.86. The van der Waals surface area contributed by atoms with Gasteiger partial charge in [0.1, 0.15) is 11.5 Å². The summed E-state index contributed by atoms with van der Waals surface area (Å²) in [5.74, 6) is -1.01. The number of nitrogens with one attached hydrogen (secondary N) is 2. The smallest absolute Gasteiger partial charge is 0.348 e. The third-order valence-electron chi connectivity index (χ3n) is 5.02. The molecular weight excluding hydrogens is 424 g/mol. The summed E-state index contributed by atoms with van der Waals surface area (Å²) >= 11 is 2.88. The molecule has 2 aliphatic rings. The molecule has 0 bridgehead atoms. The Labute approximate surface area is 182 Å². The van der Waals surface area contributed by atoms with Crippen molar-refractivity contribution in [3.8, 4) is 0 Å². The van der Waals surface area contributed by atoms with E-state index >= 15 is 0 Å². The predicted octanol–water partition coefficient (Wildman–Crippen LogP) is 3.72. The fraction of sp³-hybridized carbons (Fsp3) is 0.381. The zero-order chi connectivity index (χ0) is 21.1. The van der Waals surface area contributed by atoms with Crippen LogP contribution in [-0.2, 0) is 27.1 Å². The molecule has 3 heterocycles. The second-order valence-electron chi connectivity index (χ2n) is 7.00. The highest BCUT2D eigenvalue weighted by atomic mass is 32.1. The van der Waals surface area contributed by atoms with Gasteiger partial charge in [0.15, 0.2) is 0 Å². The van der Waals surface area contributed by atoms with Gasteiger partial charge in [-0.2, -0.15) is 0 Å². The Balaban J connectivity index is 1.57. The summed E-state index contributed by atoms with van der Waals surface area (Å²) in [6.45, 7) is 1.69. The number of hydrogen-bond acceptors (Lipinski definition) is 7. The van der Waals surface area contributed by atoms with Crippen molar-refractivity contribution in [2.24, 2.45) is 0 Å². The molecule has 9 heteroatoms. The number of esters is 2. The van der Waals surface area contributed by atoms with Crippen LogP contribution < -0.4 is 10.6 Å². The lowest BCUT2D eigenvalue weighted by Crippen LogP contribution is -2.46. The number of carbonyl (C=O) groups is 3. The van der Waals surface area contributed by atoms with Crippen molar-refractivity contribution in [3.05, 3.63) is 55.0 Å². The summed E-state index contributed by atoms with van der Waals surface area (Å²) in [5.41, 5.74) is 1.71. The van der Waals surface area contributed by atoms with Crippen LogP contribution in [0.4, 0.5) is 4.79 Å². The van der Waals surface area contributed by atoms with Crippen LogP contribution in [0, 0.1) is 0 Å². The van der Waals surface area contributed by atoms with Crippen LogP contribution in [0.15, 0.2) is 34.8 Å². The fourth-order valence-corrected chi connectivity index (χ4v) is 5.58. The first-order valence-corrected chi connectivity index (χ1v) is 11.6. The van der Waals surface area contributed by atoms with E-state index in [-0.39, 0.29) is 24.5 Å². The molecule has 0 saturated carbocycles. The van der Waals surface area contributed by atoms with E-state index in [1.807, 2.05) is 23.6 Å². The van der Waals surface area contributed by atoms with Gasteiger partial charge in [0, 0.05) is 9.75 Å². The van der Waals surface area contributed by atoms with Crippen LogP contribution in [0.3, 0.4) is 0 Å². The molecule has 1 atom stereocenters. The molecule has 0 radical (unpaired) electrons. The topological polar surface area (TPSA) is 93.7 Å². The van der Waals surface area contributed by atoms with E-state index in [9.17, 15) is 14.4 Å². The summed E-state index contributed by atoms with van der Waals surface area (Å²) < 4.78 is 10.7. The number of urea groups is 1. The molecule has 158 valence electrons. The zero-order valence-corrected chi connectivity index (χ0v) is 18.1. The first kappa shape index (κ1) is 20.6. The minimum absolute atomic E-state index is 0.196. The second-order valence-corrected chi connectivity index (χ2v) is 9.12. The van der Waals surface area contributed by atoms with E-state index in [1.54, 1.807) is 6.92 Å². The summed E-state index contributed by atoms with van der Waals surface area (Å²) in [6.07, 6.45) is 4.26. The summed E-state index contributed by atoms with van der Waals surface area (Å²) in [4.78, 5) is 40.1. The summed E-state index contributed by atoms with van der Waals surface area (Å²) in [6, 6.07) is 4.46. The van der Waals surface area contributed by atoms with Crippen LogP contribution >= 0.6 is 22.7 Å². The third kappa shape index (κ3) is 4.27. The normalized spacial score (nSPS) is 18.3. The molecule has 0 saturated heterocycles. The molecule has 0 aromatic carbocycles. The number of rotatable bonds is 6. The number of carbonyl (C=O) groups excluding carboxylic acids is 3. The molecule has 1 aliphatic heterocycles. The van der Waals surface area contributed by atoms with Crippen molar-refractivity contribution in [3.63, 3.8) is 0 Å². The van der Waals surface area contributed by atoms with Gasteiger partial charge >= 0.3 is 18.0 Å². The highest BCUT2D eigenvalue weighted by Crippen LogP contribution is 2.32. The van der Waals surface area contributed by atoms with Gasteiger partial charge in [-0.25, -0.2) is 14.4 Å². The summed E-state index contributed by atoms with van der Waals surface area (Å²) in [7, 11) is 0. The molecule has 0 fully saturated rings. The van der Waals surface area contributed by atoms with E-state index in [0.717, 1.165) is 30.6 Å². The number of ether oxygens (including phenoxy) is 2. The second kappa shape index (κ2) is 9.01. The first-order chi connectivity index (χ1) is 14.6. The molecule has 4 rings (SSSR count). The van der Waals surface area contributed by atoms with Gasteiger partial charge in [-0.05, 0) is 55.7 Å². The standard InChI is InChI=1S/C21H22N2O5S2/c1-2-27-20(25)17-13(22-21(26)23-18(17)15-8-5-9-29-15)11-28-19(24)16-10-12-6-3-4-7-14(12)30-16/h5,8-10,18H,2-4,6-7,11H2,1H3,(H2,22,23,26). The predicted molar refractivity (Wildman–Crippen MR) is 114 cm³/mol. The minimum atomic E-state index is -0.652. The fourth-order valence-electron chi connectivity index (χ4n) is 3.65. The number of thiophene rings is 2. The molecule has 1 unspecified atom stereocenters. The van der Waals surface area contributed by atoms with Crippen molar-refractivity contribution in [2.45, 2.75) is 38.6 Å². The van der Waals surface area contributed by atoms with Gasteiger partial charge in [0.2, 0.25) is 0 Å². The van der Waals surface area contributed by atoms with E-state index in [2.05, 4.69) is 10.6 Å².